The van der Waals surface area contributed by atoms with Crippen LogP contribution >= 0.6 is 0 Å². The second-order valence-corrected chi connectivity index (χ2v) is 6.94. The first-order chi connectivity index (χ1) is 14.5. The molecule has 0 aliphatic heterocycles. The van der Waals surface area contributed by atoms with Crippen LogP contribution < -0.4 is 14.8 Å². The molecule has 3 rings (SSSR count). The second kappa shape index (κ2) is 9.78. The average Bonchev–Trinajstić information content (AvgIpc) is 2.77. The van der Waals surface area contributed by atoms with Gasteiger partial charge in [-0.25, -0.2) is 0 Å². The lowest BCUT2D eigenvalue weighted by molar-refractivity contribution is -0.129. The molecule has 0 atom stereocenters. The van der Waals surface area contributed by atoms with Gasteiger partial charge in [0.15, 0.2) is 0 Å². The van der Waals surface area contributed by atoms with Gasteiger partial charge >= 0.3 is 0 Å². The number of benzene rings is 3. The van der Waals surface area contributed by atoms with Crippen molar-refractivity contribution in [2.45, 2.75) is 13.5 Å². The lowest BCUT2D eigenvalue weighted by Crippen LogP contribution is -2.37. The number of rotatable bonds is 8. The predicted octanol–water partition coefficient (Wildman–Crippen LogP) is 3.64. The van der Waals surface area contributed by atoms with Gasteiger partial charge in [0.1, 0.15) is 11.5 Å². The number of nitrogens with one attached hydrogen (secondary N) is 1. The summed E-state index contributed by atoms with van der Waals surface area (Å²) in [5.74, 6) is 1.06. The molecule has 0 unspecified atom stereocenters. The first kappa shape index (κ1) is 21.2. The fourth-order valence-corrected chi connectivity index (χ4v) is 3.12. The summed E-state index contributed by atoms with van der Waals surface area (Å²) in [6.45, 7) is 2.86. The molecule has 0 spiro atoms. The molecule has 0 saturated carbocycles. The SMILES string of the molecule is CCOc1ccc(C(=O)NCC(=O)N(C)Cc2ccc3cc(OC)ccc3c2)cc1. The van der Waals surface area contributed by atoms with Gasteiger partial charge in [-0.2, -0.15) is 0 Å². The van der Waals surface area contributed by atoms with E-state index < -0.39 is 0 Å². The van der Waals surface area contributed by atoms with Crippen LogP contribution in [0.25, 0.3) is 10.8 Å². The van der Waals surface area contributed by atoms with Gasteiger partial charge in [-0.15, -0.1) is 0 Å². The van der Waals surface area contributed by atoms with Gasteiger partial charge in [0.2, 0.25) is 5.91 Å². The van der Waals surface area contributed by atoms with Crippen molar-refractivity contribution in [1.82, 2.24) is 10.2 Å². The fraction of sp³-hybridized carbons (Fsp3) is 0.250. The first-order valence-corrected chi connectivity index (χ1v) is 9.82. The number of ether oxygens (including phenoxy) is 2. The summed E-state index contributed by atoms with van der Waals surface area (Å²) in [6.07, 6.45) is 0. The standard InChI is InChI=1S/C24H26N2O4/c1-4-30-21-10-7-18(8-11-21)24(28)25-15-23(27)26(2)16-17-5-6-20-14-22(29-3)12-9-19(20)13-17/h5-14H,4,15-16H2,1-3H3,(H,25,28). The minimum Gasteiger partial charge on any atom is -0.497 e. The molecule has 30 heavy (non-hydrogen) atoms. The quantitative estimate of drug-likeness (QED) is 0.620. The van der Waals surface area contributed by atoms with E-state index in [0.29, 0.717) is 24.5 Å². The molecule has 0 aromatic heterocycles. The Morgan fingerprint density at radius 2 is 1.60 bits per heavy atom. The highest BCUT2D eigenvalue weighted by molar-refractivity contribution is 5.96. The Labute approximate surface area is 176 Å². The zero-order valence-electron chi connectivity index (χ0n) is 17.5. The van der Waals surface area contributed by atoms with Crippen molar-refractivity contribution < 1.29 is 19.1 Å². The van der Waals surface area contributed by atoms with Crippen LogP contribution in [0.4, 0.5) is 0 Å². The third kappa shape index (κ3) is 5.29. The molecule has 6 nitrogen and oxygen atoms in total. The predicted molar refractivity (Wildman–Crippen MR) is 117 cm³/mol. The molecule has 156 valence electrons. The van der Waals surface area contributed by atoms with Crippen molar-refractivity contribution in [2.24, 2.45) is 0 Å². The lowest BCUT2D eigenvalue weighted by atomic mass is 10.1. The van der Waals surface area contributed by atoms with E-state index in [1.165, 1.54) is 0 Å². The zero-order valence-corrected chi connectivity index (χ0v) is 17.5. The molecule has 0 aliphatic rings. The summed E-state index contributed by atoms with van der Waals surface area (Å²) < 4.78 is 10.6. The molecule has 0 heterocycles. The van der Waals surface area contributed by atoms with Crippen molar-refractivity contribution >= 4 is 22.6 Å². The molecular weight excluding hydrogens is 380 g/mol. The maximum Gasteiger partial charge on any atom is 0.251 e. The van der Waals surface area contributed by atoms with Gasteiger partial charge in [-0.3, -0.25) is 9.59 Å². The third-order valence-corrected chi connectivity index (χ3v) is 4.78. The van der Waals surface area contributed by atoms with E-state index in [-0.39, 0.29) is 18.4 Å². The maximum atomic E-state index is 12.4. The molecule has 0 saturated heterocycles. The van der Waals surface area contributed by atoms with Crippen molar-refractivity contribution in [3.05, 3.63) is 71.8 Å². The Morgan fingerprint density at radius 3 is 2.30 bits per heavy atom. The highest BCUT2D eigenvalue weighted by Gasteiger charge is 2.13. The maximum absolute atomic E-state index is 12.4. The van der Waals surface area contributed by atoms with Gasteiger partial charge in [0.05, 0.1) is 20.3 Å². The minimum absolute atomic E-state index is 0.0622. The van der Waals surface area contributed by atoms with E-state index in [4.69, 9.17) is 9.47 Å². The van der Waals surface area contributed by atoms with Crippen LogP contribution in [0.15, 0.2) is 60.7 Å². The zero-order chi connectivity index (χ0) is 21.5. The lowest BCUT2D eigenvalue weighted by Gasteiger charge is -2.18. The molecule has 6 heteroatoms. The van der Waals surface area contributed by atoms with Crippen LogP contribution in [-0.4, -0.2) is 44.0 Å². The van der Waals surface area contributed by atoms with E-state index in [1.807, 2.05) is 37.3 Å². The number of hydrogen-bond acceptors (Lipinski definition) is 4. The minimum atomic E-state index is -0.292. The molecule has 0 radical (unpaired) electrons. The third-order valence-electron chi connectivity index (χ3n) is 4.78. The Kier molecular flexibility index (Phi) is 6.91. The molecule has 1 N–H and O–H groups in total. The van der Waals surface area contributed by atoms with E-state index in [0.717, 1.165) is 22.1 Å². The summed E-state index contributed by atoms with van der Waals surface area (Å²) in [6, 6.07) is 18.8. The molecule has 3 aromatic rings. The van der Waals surface area contributed by atoms with E-state index in [9.17, 15) is 9.59 Å². The average molecular weight is 406 g/mol. The molecular formula is C24H26N2O4. The molecule has 0 fully saturated rings. The highest BCUT2D eigenvalue weighted by Crippen LogP contribution is 2.22. The second-order valence-electron chi connectivity index (χ2n) is 6.94. The van der Waals surface area contributed by atoms with Crippen LogP contribution in [0, 0.1) is 0 Å². The summed E-state index contributed by atoms with van der Waals surface area (Å²) in [7, 11) is 3.37. The molecule has 0 aliphatic carbocycles. The summed E-state index contributed by atoms with van der Waals surface area (Å²) in [5.41, 5.74) is 1.50. The van der Waals surface area contributed by atoms with Crippen LogP contribution in [0.3, 0.4) is 0 Å². The van der Waals surface area contributed by atoms with E-state index in [2.05, 4.69) is 11.4 Å². The number of carbonyl (C=O) groups is 2. The number of likely N-dealkylation sites (N-methyl/N-ethyl adjacent to an activating group) is 1. The van der Waals surface area contributed by atoms with Crippen LogP contribution in [0.2, 0.25) is 0 Å². The molecule has 3 aromatic carbocycles. The van der Waals surface area contributed by atoms with Crippen LogP contribution in [0.1, 0.15) is 22.8 Å². The number of methoxy groups -OCH3 is 1. The fourth-order valence-electron chi connectivity index (χ4n) is 3.12. The Morgan fingerprint density at radius 1 is 0.933 bits per heavy atom. The molecule has 2 amide bonds. The Hall–Kier alpha value is -3.54. The van der Waals surface area contributed by atoms with Crippen molar-refractivity contribution in [3.63, 3.8) is 0 Å². The highest BCUT2D eigenvalue weighted by atomic mass is 16.5. The van der Waals surface area contributed by atoms with E-state index >= 15 is 0 Å². The van der Waals surface area contributed by atoms with Gasteiger partial charge in [0.25, 0.3) is 5.91 Å². The van der Waals surface area contributed by atoms with Crippen LogP contribution in [0.5, 0.6) is 11.5 Å². The normalized spacial score (nSPS) is 10.5. The number of carbonyl (C=O) groups excluding carboxylic acids is 2. The van der Waals surface area contributed by atoms with Gasteiger partial charge < -0.3 is 19.7 Å². The van der Waals surface area contributed by atoms with E-state index in [1.54, 1.807) is 43.3 Å². The largest absolute Gasteiger partial charge is 0.497 e. The Bertz CT molecular complexity index is 1030. The summed E-state index contributed by atoms with van der Waals surface area (Å²) in [4.78, 5) is 26.3. The topological polar surface area (TPSA) is 67.9 Å². The van der Waals surface area contributed by atoms with Crippen molar-refractivity contribution in [2.75, 3.05) is 27.3 Å². The smallest absolute Gasteiger partial charge is 0.251 e. The van der Waals surface area contributed by atoms with Crippen molar-refractivity contribution in [3.8, 4) is 11.5 Å². The Balaban J connectivity index is 1.55. The monoisotopic (exact) mass is 406 g/mol. The summed E-state index contributed by atoms with van der Waals surface area (Å²) in [5, 5.41) is 4.83. The van der Waals surface area contributed by atoms with Gasteiger partial charge in [-0.05, 0) is 65.7 Å². The first-order valence-electron chi connectivity index (χ1n) is 9.82. The van der Waals surface area contributed by atoms with Crippen LogP contribution in [-0.2, 0) is 11.3 Å². The van der Waals surface area contributed by atoms with Gasteiger partial charge in [0, 0.05) is 19.2 Å². The summed E-state index contributed by atoms with van der Waals surface area (Å²) >= 11 is 0. The number of amides is 2. The number of fused-ring (bicyclic) bond motifs is 1. The van der Waals surface area contributed by atoms with Crippen molar-refractivity contribution in [1.29, 1.82) is 0 Å². The van der Waals surface area contributed by atoms with Gasteiger partial charge in [-0.1, -0.05) is 18.2 Å². The number of hydrogen-bond donors (Lipinski definition) is 1. The molecule has 0 bridgehead atoms. The number of nitrogens with zero attached hydrogens (tertiary/aromatic N) is 1.